The molecule has 2 rings (SSSR count). The molecular formula is C13H14BrF4N. The van der Waals surface area contributed by atoms with E-state index in [0.717, 1.165) is 0 Å². The SMILES string of the molecule is Fc1cc(Br)ccc1NC1CCCC(C(F)(F)F)C1. The van der Waals surface area contributed by atoms with Gasteiger partial charge in [0.1, 0.15) is 5.82 Å². The van der Waals surface area contributed by atoms with Gasteiger partial charge in [-0.1, -0.05) is 22.4 Å². The van der Waals surface area contributed by atoms with Crippen LogP contribution < -0.4 is 5.32 Å². The first-order chi connectivity index (χ1) is 8.86. The van der Waals surface area contributed by atoms with E-state index in [9.17, 15) is 17.6 Å². The Morgan fingerprint density at radius 3 is 2.58 bits per heavy atom. The lowest BCUT2D eigenvalue weighted by Gasteiger charge is -2.31. The largest absolute Gasteiger partial charge is 0.391 e. The molecule has 0 bridgehead atoms. The quantitative estimate of drug-likeness (QED) is 0.737. The second-order valence-corrected chi connectivity index (χ2v) is 5.79. The molecule has 2 atom stereocenters. The summed E-state index contributed by atoms with van der Waals surface area (Å²) in [6, 6.07) is 4.18. The Kier molecular flexibility index (Phi) is 4.38. The molecule has 106 valence electrons. The van der Waals surface area contributed by atoms with Crippen molar-refractivity contribution in [2.75, 3.05) is 5.32 Å². The number of nitrogens with one attached hydrogen (secondary N) is 1. The Hall–Kier alpha value is -0.780. The van der Waals surface area contributed by atoms with Crippen LogP contribution in [0.1, 0.15) is 25.7 Å². The number of hydrogen-bond donors (Lipinski definition) is 1. The van der Waals surface area contributed by atoms with Gasteiger partial charge in [-0.25, -0.2) is 4.39 Å². The number of hydrogen-bond acceptors (Lipinski definition) is 1. The maximum absolute atomic E-state index is 13.6. The van der Waals surface area contributed by atoms with E-state index in [2.05, 4.69) is 21.2 Å². The van der Waals surface area contributed by atoms with Crippen LogP contribution in [0.3, 0.4) is 0 Å². The lowest BCUT2D eigenvalue weighted by atomic mass is 9.85. The van der Waals surface area contributed by atoms with E-state index >= 15 is 0 Å². The molecule has 0 heterocycles. The van der Waals surface area contributed by atoms with Crippen molar-refractivity contribution >= 4 is 21.6 Å². The van der Waals surface area contributed by atoms with Crippen LogP contribution in [0.2, 0.25) is 0 Å². The third kappa shape index (κ3) is 3.84. The molecule has 0 saturated heterocycles. The summed E-state index contributed by atoms with van der Waals surface area (Å²) in [7, 11) is 0. The second-order valence-electron chi connectivity index (χ2n) is 4.87. The number of halogens is 5. The van der Waals surface area contributed by atoms with Gasteiger partial charge in [0.05, 0.1) is 11.6 Å². The molecule has 0 amide bonds. The van der Waals surface area contributed by atoms with Crippen molar-refractivity contribution < 1.29 is 17.6 Å². The maximum Gasteiger partial charge on any atom is 0.391 e. The molecule has 2 unspecified atom stereocenters. The van der Waals surface area contributed by atoms with E-state index in [1.165, 1.54) is 12.1 Å². The molecule has 0 spiro atoms. The van der Waals surface area contributed by atoms with Gasteiger partial charge in [-0.05, 0) is 37.5 Å². The van der Waals surface area contributed by atoms with E-state index in [0.29, 0.717) is 17.3 Å². The van der Waals surface area contributed by atoms with Gasteiger partial charge in [0.25, 0.3) is 0 Å². The van der Waals surface area contributed by atoms with Gasteiger partial charge in [-0.2, -0.15) is 13.2 Å². The zero-order valence-electron chi connectivity index (χ0n) is 10.1. The van der Waals surface area contributed by atoms with Gasteiger partial charge >= 0.3 is 6.18 Å². The second kappa shape index (κ2) is 5.69. The number of benzene rings is 1. The minimum atomic E-state index is -4.15. The molecule has 1 N–H and O–H groups in total. The highest BCUT2D eigenvalue weighted by Crippen LogP contribution is 2.38. The standard InChI is InChI=1S/C13H14BrF4N/c14-9-4-5-12(11(15)7-9)19-10-3-1-2-8(6-10)13(16,17)18/h4-5,7-8,10,19H,1-3,6H2. The summed E-state index contributed by atoms with van der Waals surface area (Å²) in [5, 5.41) is 2.88. The summed E-state index contributed by atoms with van der Waals surface area (Å²) >= 11 is 3.14. The highest BCUT2D eigenvalue weighted by atomic mass is 79.9. The molecule has 6 heteroatoms. The van der Waals surface area contributed by atoms with Crippen LogP contribution in [0.15, 0.2) is 22.7 Å². The zero-order chi connectivity index (χ0) is 14.0. The highest BCUT2D eigenvalue weighted by Gasteiger charge is 2.42. The first kappa shape index (κ1) is 14.6. The Bertz CT molecular complexity index is 447. The zero-order valence-corrected chi connectivity index (χ0v) is 11.7. The van der Waals surface area contributed by atoms with E-state index in [1.54, 1.807) is 6.07 Å². The average molecular weight is 340 g/mol. The highest BCUT2D eigenvalue weighted by molar-refractivity contribution is 9.10. The van der Waals surface area contributed by atoms with Crippen LogP contribution in [0.25, 0.3) is 0 Å². The molecule has 1 aliphatic carbocycles. The van der Waals surface area contributed by atoms with Gasteiger partial charge in [0.15, 0.2) is 0 Å². The summed E-state index contributed by atoms with van der Waals surface area (Å²) in [6.45, 7) is 0. The summed E-state index contributed by atoms with van der Waals surface area (Å²) in [4.78, 5) is 0. The van der Waals surface area contributed by atoms with Crippen LogP contribution in [0.5, 0.6) is 0 Å². The predicted octanol–water partition coefficient (Wildman–Crippen LogP) is 5.12. The predicted molar refractivity (Wildman–Crippen MR) is 69.5 cm³/mol. The molecule has 1 aromatic carbocycles. The first-order valence-corrected chi connectivity index (χ1v) is 6.94. The first-order valence-electron chi connectivity index (χ1n) is 6.14. The molecule has 19 heavy (non-hydrogen) atoms. The fraction of sp³-hybridized carbons (Fsp3) is 0.538. The van der Waals surface area contributed by atoms with Crippen LogP contribution >= 0.6 is 15.9 Å². The fourth-order valence-electron chi connectivity index (χ4n) is 2.44. The Labute approximate surface area is 117 Å². The van der Waals surface area contributed by atoms with Crippen LogP contribution in [0, 0.1) is 11.7 Å². The van der Waals surface area contributed by atoms with Gasteiger partial charge in [-0.15, -0.1) is 0 Å². The lowest BCUT2D eigenvalue weighted by Crippen LogP contribution is -2.34. The Balaban J connectivity index is 2.03. The van der Waals surface area contributed by atoms with E-state index < -0.39 is 17.9 Å². The minimum absolute atomic E-state index is 0.0129. The maximum atomic E-state index is 13.6. The minimum Gasteiger partial charge on any atom is -0.380 e. The molecule has 1 aliphatic rings. The van der Waals surface area contributed by atoms with Gasteiger partial charge in [0, 0.05) is 10.5 Å². The molecule has 1 nitrogen and oxygen atoms in total. The van der Waals surface area contributed by atoms with Gasteiger partial charge in [-0.3, -0.25) is 0 Å². The van der Waals surface area contributed by atoms with Crippen molar-refractivity contribution in [3.63, 3.8) is 0 Å². The molecule has 1 fully saturated rings. The van der Waals surface area contributed by atoms with Crippen molar-refractivity contribution in [2.45, 2.75) is 37.9 Å². The van der Waals surface area contributed by atoms with Crippen molar-refractivity contribution in [2.24, 2.45) is 5.92 Å². The average Bonchev–Trinajstić information content (AvgIpc) is 2.32. The molecule has 1 aromatic rings. The third-order valence-electron chi connectivity index (χ3n) is 3.43. The van der Waals surface area contributed by atoms with Crippen molar-refractivity contribution in [1.29, 1.82) is 0 Å². The molecule has 0 aliphatic heterocycles. The summed E-state index contributed by atoms with van der Waals surface area (Å²) < 4.78 is 52.3. The number of alkyl halides is 3. The van der Waals surface area contributed by atoms with Crippen LogP contribution in [-0.2, 0) is 0 Å². The van der Waals surface area contributed by atoms with E-state index in [-0.39, 0.29) is 24.6 Å². The normalized spacial score (nSPS) is 24.3. The van der Waals surface area contributed by atoms with Crippen LogP contribution in [-0.4, -0.2) is 12.2 Å². The van der Waals surface area contributed by atoms with Gasteiger partial charge in [0.2, 0.25) is 0 Å². The van der Waals surface area contributed by atoms with Gasteiger partial charge < -0.3 is 5.32 Å². The van der Waals surface area contributed by atoms with Crippen molar-refractivity contribution in [3.8, 4) is 0 Å². The smallest absolute Gasteiger partial charge is 0.380 e. The molecule has 1 saturated carbocycles. The summed E-state index contributed by atoms with van der Waals surface area (Å²) in [5.74, 6) is -1.74. The molecule has 0 radical (unpaired) electrons. The summed E-state index contributed by atoms with van der Waals surface area (Å²) in [6.07, 6.45) is -2.82. The Morgan fingerprint density at radius 1 is 1.21 bits per heavy atom. The third-order valence-corrected chi connectivity index (χ3v) is 3.92. The Morgan fingerprint density at radius 2 is 1.95 bits per heavy atom. The van der Waals surface area contributed by atoms with E-state index in [4.69, 9.17) is 0 Å². The van der Waals surface area contributed by atoms with Crippen LogP contribution in [0.4, 0.5) is 23.2 Å². The monoisotopic (exact) mass is 339 g/mol. The molecular weight excluding hydrogens is 326 g/mol. The topological polar surface area (TPSA) is 12.0 Å². The molecule has 0 aromatic heterocycles. The van der Waals surface area contributed by atoms with Crippen molar-refractivity contribution in [3.05, 3.63) is 28.5 Å². The number of anilines is 1. The van der Waals surface area contributed by atoms with E-state index in [1.807, 2.05) is 0 Å². The number of rotatable bonds is 2. The fourth-order valence-corrected chi connectivity index (χ4v) is 2.78. The van der Waals surface area contributed by atoms with Crippen molar-refractivity contribution in [1.82, 2.24) is 0 Å². The summed E-state index contributed by atoms with van der Waals surface area (Å²) in [5.41, 5.74) is 0.260. The lowest BCUT2D eigenvalue weighted by molar-refractivity contribution is -0.182.